The van der Waals surface area contributed by atoms with Crippen molar-refractivity contribution in [2.45, 2.75) is 6.54 Å². The van der Waals surface area contributed by atoms with Crippen molar-refractivity contribution in [1.82, 2.24) is 4.98 Å². The third-order valence-corrected chi connectivity index (χ3v) is 4.62. The summed E-state index contributed by atoms with van der Waals surface area (Å²) in [6.07, 6.45) is 0. The molecular weight excluding hydrogens is 398 g/mol. The van der Waals surface area contributed by atoms with Crippen LogP contribution in [0.4, 0.5) is 10.1 Å². The number of nitrogens with one attached hydrogen (secondary N) is 1. The molecule has 1 aromatic heterocycles. The Bertz CT molecular complexity index is 723. The van der Waals surface area contributed by atoms with E-state index in [4.69, 9.17) is 0 Å². The molecule has 1 heterocycles. The molecular formula is C16H12FIN2S. The largest absolute Gasteiger partial charge is 0.379 e. The average Bonchev–Trinajstić information content (AvgIpc) is 2.96. The zero-order valence-corrected chi connectivity index (χ0v) is 14.0. The number of anilines is 1. The molecule has 0 saturated carbocycles. The molecule has 0 aliphatic rings. The smallest absolute Gasteiger partial charge is 0.123 e. The minimum atomic E-state index is -0.226. The second kappa shape index (κ2) is 6.53. The Labute approximate surface area is 140 Å². The second-order valence-electron chi connectivity index (χ2n) is 4.51. The Kier molecular flexibility index (Phi) is 4.50. The van der Waals surface area contributed by atoms with Gasteiger partial charge in [-0.3, -0.25) is 0 Å². The standard InChI is InChI=1S/C16H12FIN2S/c17-12-3-1-11(2-4-12)16-20-15(10-21-16)9-19-14-7-5-13(18)6-8-14/h1-8,10,19H,9H2. The van der Waals surface area contributed by atoms with Gasteiger partial charge in [0.25, 0.3) is 0 Å². The van der Waals surface area contributed by atoms with Crippen molar-refractivity contribution in [3.63, 3.8) is 0 Å². The van der Waals surface area contributed by atoms with E-state index in [1.165, 1.54) is 15.7 Å². The van der Waals surface area contributed by atoms with Crippen LogP contribution in [0.5, 0.6) is 0 Å². The summed E-state index contributed by atoms with van der Waals surface area (Å²) in [4.78, 5) is 4.57. The number of hydrogen-bond donors (Lipinski definition) is 1. The summed E-state index contributed by atoms with van der Waals surface area (Å²) in [7, 11) is 0. The van der Waals surface area contributed by atoms with E-state index >= 15 is 0 Å². The van der Waals surface area contributed by atoms with Crippen LogP contribution in [0.1, 0.15) is 5.69 Å². The first kappa shape index (κ1) is 14.5. The summed E-state index contributed by atoms with van der Waals surface area (Å²) in [5, 5.41) is 6.28. The third kappa shape index (κ3) is 3.79. The molecule has 3 rings (SSSR count). The third-order valence-electron chi connectivity index (χ3n) is 2.96. The van der Waals surface area contributed by atoms with Gasteiger partial charge in [-0.25, -0.2) is 9.37 Å². The number of aromatic nitrogens is 1. The van der Waals surface area contributed by atoms with Crippen molar-refractivity contribution in [1.29, 1.82) is 0 Å². The van der Waals surface area contributed by atoms with Crippen LogP contribution in [0.2, 0.25) is 0 Å². The van der Waals surface area contributed by atoms with Crippen LogP contribution >= 0.6 is 33.9 Å². The zero-order chi connectivity index (χ0) is 14.7. The van der Waals surface area contributed by atoms with Gasteiger partial charge in [-0.05, 0) is 71.1 Å². The molecule has 0 atom stereocenters. The van der Waals surface area contributed by atoms with E-state index in [1.807, 2.05) is 5.38 Å². The minimum Gasteiger partial charge on any atom is -0.379 e. The molecule has 3 aromatic rings. The lowest BCUT2D eigenvalue weighted by atomic mass is 10.2. The van der Waals surface area contributed by atoms with Crippen molar-refractivity contribution < 1.29 is 4.39 Å². The van der Waals surface area contributed by atoms with E-state index in [1.54, 1.807) is 23.5 Å². The van der Waals surface area contributed by atoms with Crippen LogP contribution in [-0.4, -0.2) is 4.98 Å². The molecule has 0 fully saturated rings. The fourth-order valence-electron chi connectivity index (χ4n) is 1.87. The van der Waals surface area contributed by atoms with Crippen LogP contribution in [0.25, 0.3) is 10.6 Å². The van der Waals surface area contributed by atoms with Gasteiger partial charge in [0, 0.05) is 20.2 Å². The van der Waals surface area contributed by atoms with Gasteiger partial charge in [0.15, 0.2) is 0 Å². The SMILES string of the molecule is Fc1ccc(-c2nc(CNc3ccc(I)cc3)cs2)cc1. The van der Waals surface area contributed by atoms with E-state index in [9.17, 15) is 4.39 Å². The van der Waals surface area contributed by atoms with Gasteiger partial charge in [0.05, 0.1) is 12.2 Å². The number of nitrogens with zero attached hydrogens (tertiary/aromatic N) is 1. The van der Waals surface area contributed by atoms with Gasteiger partial charge < -0.3 is 5.32 Å². The van der Waals surface area contributed by atoms with Crippen LogP contribution in [0, 0.1) is 9.39 Å². The molecule has 2 aromatic carbocycles. The van der Waals surface area contributed by atoms with Crippen LogP contribution in [0.3, 0.4) is 0 Å². The highest BCUT2D eigenvalue weighted by molar-refractivity contribution is 14.1. The highest BCUT2D eigenvalue weighted by atomic mass is 127. The quantitative estimate of drug-likeness (QED) is 0.601. The molecule has 0 amide bonds. The Balaban J connectivity index is 1.67. The summed E-state index contributed by atoms with van der Waals surface area (Å²) in [5.41, 5.74) is 3.01. The maximum Gasteiger partial charge on any atom is 0.123 e. The number of rotatable bonds is 4. The summed E-state index contributed by atoms with van der Waals surface area (Å²) in [5.74, 6) is -0.226. The first-order valence-corrected chi connectivity index (χ1v) is 8.36. The van der Waals surface area contributed by atoms with E-state index in [0.29, 0.717) is 6.54 Å². The Morgan fingerprint density at radius 1 is 1.05 bits per heavy atom. The average molecular weight is 410 g/mol. The Morgan fingerprint density at radius 3 is 2.48 bits per heavy atom. The summed E-state index contributed by atoms with van der Waals surface area (Å²) in [6, 6.07) is 14.7. The molecule has 1 N–H and O–H groups in total. The van der Waals surface area contributed by atoms with Crippen molar-refractivity contribution in [3.05, 3.63) is 69.0 Å². The monoisotopic (exact) mass is 410 g/mol. The predicted octanol–water partition coefficient (Wildman–Crippen LogP) is 5.17. The molecule has 21 heavy (non-hydrogen) atoms. The van der Waals surface area contributed by atoms with Gasteiger partial charge in [-0.1, -0.05) is 0 Å². The van der Waals surface area contributed by atoms with Crippen molar-refractivity contribution >= 4 is 39.6 Å². The molecule has 5 heteroatoms. The zero-order valence-electron chi connectivity index (χ0n) is 11.0. The molecule has 0 radical (unpaired) electrons. The molecule has 0 aliphatic heterocycles. The van der Waals surface area contributed by atoms with E-state index < -0.39 is 0 Å². The Hall–Kier alpha value is -1.47. The van der Waals surface area contributed by atoms with Gasteiger partial charge >= 0.3 is 0 Å². The highest BCUT2D eigenvalue weighted by Gasteiger charge is 2.05. The lowest BCUT2D eigenvalue weighted by molar-refractivity contribution is 0.628. The first-order chi connectivity index (χ1) is 10.2. The van der Waals surface area contributed by atoms with Gasteiger partial charge in [-0.2, -0.15) is 0 Å². The summed E-state index contributed by atoms with van der Waals surface area (Å²) < 4.78 is 14.1. The molecule has 0 bridgehead atoms. The molecule has 106 valence electrons. The van der Waals surface area contributed by atoms with Gasteiger partial charge in [0.1, 0.15) is 10.8 Å². The number of benzene rings is 2. The second-order valence-corrected chi connectivity index (χ2v) is 6.62. The van der Waals surface area contributed by atoms with Gasteiger partial charge in [-0.15, -0.1) is 11.3 Å². The highest BCUT2D eigenvalue weighted by Crippen LogP contribution is 2.24. The maximum absolute atomic E-state index is 12.9. The van der Waals surface area contributed by atoms with Gasteiger partial charge in [0.2, 0.25) is 0 Å². The normalized spacial score (nSPS) is 10.6. The van der Waals surface area contributed by atoms with Crippen molar-refractivity contribution in [2.24, 2.45) is 0 Å². The van der Waals surface area contributed by atoms with E-state index in [2.05, 4.69) is 57.2 Å². The first-order valence-electron chi connectivity index (χ1n) is 6.40. The molecule has 0 saturated heterocycles. The summed E-state index contributed by atoms with van der Waals surface area (Å²) >= 11 is 3.85. The lowest BCUT2D eigenvalue weighted by Gasteiger charge is -2.04. The van der Waals surface area contributed by atoms with Crippen LogP contribution < -0.4 is 5.32 Å². The number of thiazole rings is 1. The minimum absolute atomic E-state index is 0.226. The molecule has 0 spiro atoms. The fraction of sp³-hybridized carbons (Fsp3) is 0.0625. The maximum atomic E-state index is 12.9. The topological polar surface area (TPSA) is 24.9 Å². The Morgan fingerprint density at radius 2 is 1.76 bits per heavy atom. The molecule has 0 unspecified atom stereocenters. The van der Waals surface area contributed by atoms with Crippen molar-refractivity contribution in [3.8, 4) is 10.6 Å². The van der Waals surface area contributed by atoms with Crippen molar-refractivity contribution in [2.75, 3.05) is 5.32 Å². The molecule has 0 aliphatic carbocycles. The van der Waals surface area contributed by atoms with Crippen LogP contribution in [-0.2, 0) is 6.54 Å². The predicted molar refractivity (Wildman–Crippen MR) is 94.0 cm³/mol. The fourth-order valence-corrected chi connectivity index (χ4v) is 3.06. The van der Waals surface area contributed by atoms with Crippen LogP contribution in [0.15, 0.2) is 53.9 Å². The number of hydrogen-bond acceptors (Lipinski definition) is 3. The van der Waals surface area contributed by atoms with E-state index in [0.717, 1.165) is 22.0 Å². The molecule has 2 nitrogen and oxygen atoms in total. The summed E-state index contributed by atoms with van der Waals surface area (Å²) in [6.45, 7) is 0.679. The number of halogens is 2. The lowest BCUT2D eigenvalue weighted by Crippen LogP contribution is -1.99. The van der Waals surface area contributed by atoms with E-state index in [-0.39, 0.29) is 5.82 Å².